The van der Waals surface area contributed by atoms with Gasteiger partial charge in [-0.05, 0) is 43.0 Å². The van der Waals surface area contributed by atoms with Gasteiger partial charge in [-0.3, -0.25) is 4.79 Å². The lowest BCUT2D eigenvalue weighted by molar-refractivity contribution is 0.0984. The van der Waals surface area contributed by atoms with Gasteiger partial charge in [0.1, 0.15) is 0 Å². The summed E-state index contributed by atoms with van der Waals surface area (Å²) >= 11 is 1.59. The molecule has 2 aromatic carbocycles. The van der Waals surface area contributed by atoms with Crippen molar-refractivity contribution < 1.29 is 4.79 Å². The Hall–Kier alpha value is -1.94. The van der Waals surface area contributed by atoms with Crippen molar-refractivity contribution >= 4 is 29.0 Å². The molecule has 0 unspecified atom stereocenters. The molecule has 2 N–H and O–H groups in total. The molecular formula is C17H20N2OS. The summed E-state index contributed by atoms with van der Waals surface area (Å²) < 4.78 is 0. The van der Waals surface area contributed by atoms with Gasteiger partial charge in [0.2, 0.25) is 0 Å². The first kappa shape index (κ1) is 15.4. The molecule has 0 saturated heterocycles. The van der Waals surface area contributed by atoms with Crippen molar-refractivity contribution in [2.45, 2.75) is 18.2 Å². The van der Waals surface area contributed by atoms with Crippen LogP contribution in [0.1, 0.15) is 23.7 Å². The quantitative estimate of drug-likeness (QED) is 0.669. The van der Waals surface area contributed by atoms with E-state index in [-0.39, 0.29) is 5.91 Å². The molecule has 0 spiro atoms. The Morgan fingerprint density at radius 2 is 1.95 bits per heavy atom. The standard InChI is InChI=1S/C17H20N2OS/c1-3-11-19(14-8-6-7-13(18)12-14)17(20)15-9-4-5-10-16(15)21-2/h4-10,12H,3,11,18H2,1-2H3. The van der Waals surface area contributed by atoms with Crippen LogP contribution in [0, 0.1) is 0 Å². The third-order valence-corrected chi connectivity index (χ3v) is 4.01. The van der Waals surface area contributed by atoms with E-state index < -0.39 is 0 Å². The zero-order valence-corrected chi connectivity index (χ0v) is 13.2. The van der Waals surface area contributed by atoms with E-state index in [2.05, 4.69) is 6.92 Å². The van der Waals surface area contributed by atoms with Crippen LogP contribution >= 0.6 is 11.8 Å². The zero-order chi connectivity index (χ0) is 15.2. The van der Waals surface area contributed by atoms with Gasteiger partial charge in [0.25, 0.3) is 5.91 Å². The molecule has 21 heavy (non-hydrogen) atoms. The van der Waals surface area contributed by atoms with Crippen molar-refractivity contribution in [2.75, 3.05) is 23.4 Å². The fraction of sp³-hybridized carbons (Fsp3) is 0.235. The minimum Gasteiger partial charge on any atom is -0.399 e. The third kappa shape index (κ3) is 3.58. The summed E-state index contributed by atoms with van der Waals surface area (Å²) in [6.45, 7) is 2.73. The molecule has 2 rings (SSSR count). The maximum absolute atomic E-state index is 12.9. The number of nitrogens with zero attached hydrogens (tertiary/aromatic N) is 1. The van der Waals surface area contributed by atoms with E-state index in [1.165, 1.54) is 0 Å². The predicted molar refractivity (Wildman–Crippen MR) is 91.0 cm³/mol. The second-order valence-corrected chi connectivity index (χ2v) is 5.60. The van der Waals surface area contributed by atoms with Crippen molar-refractivity contribution in [2.24, 2.45) is 0 Å². The Labute approximate surface area is 130 Å². The van der Waals surface area contributed by atoms with Crippen molar-refractivity contribution in [1.82, 2.24) is 0 Å². The van der Waals surface area contributed by atoms with E-state index in [4.69, 9.17) is 5.73 Å². The fourth-order valence-electron chi connectivity index (χ4n) is 2.23. The number of carbonyl (C=O) groups excluding carboxylic acids is 1. The highest BCUT2D eigenvalue weighted by Crippen LogP contribution is 2.25. The summed E-state index contributed by atoms with van der Waals surface area (Å²) in [7, 11) is 0. The minimum atomic E-state index is 0.0207. The van der Waals surface area contributed by atoms with Gasteiger partial charge < -0.3 is 10.6 Å². The van der Waals surface area contributed by atoms with Gasteiger partial charge in [0.15, 0.2) is 0 Å². The van der Waals surface area contributed by atoms with Crippen LogP contribution in [0.3, 0.4) is 0 Å². The normalized spacial score (nSPS) is 10.4. The maximum atomic E-state index is 12.9. The van der Waals surface area contributed by atoms with Crippen LogP contribution in [0.25, 0.3) is 0 Å². The molecule has 2 aromatic rings. The first-order chi connectivity index (χ1) is 10.2. The second-order valence-electron chi connectivity index (χ2n) is 4.75. The number of rotatable bonds is 5. The van der Waals surface area contributed by atoms with E-state index in [0.29, 0.717) is 12.2 Å². The van der Waals surface area contributed by atoms with Crippen molar-refractivity contribution in [3.63, 3.8) is 0 Å². The first-order valence-corrected chi connectivity index (χ1v) is 8.20. The molecule has 3 nitrogen and oxygen atoms in total. The SMILES string of the molecule is CCCN(C(=O)c1ccccc1SC)c1cccc(N)c1. The van der Waals surface area contributed by atoms with Crippen LogP contribution in [0.2, 0.25) is 0 Å². The Morgan fingerprint density at radius 1 is 1.19 bits per heavy atom. The van der Waals surface area contributed by atoms with Crippen LogP contribution in [0.5, 0.6) is 0 Å². The molecule has 110 valence electrons. The molecule has 0 aliphatic carbocycles. The summed E-state index contributed by atoms with van der Waals surface area (Å²) in [5.74, 6) is 0.0207. The lowest BCUT2D eigenvalue weighted by Crippen LogP contribution is -2.32. The molecule has 4 heteroatoms. The molecule has 0 aliphatic heterocycles. The zero-order valence-electron chi connectivity index (χ0n) is 12.4. The average Bonchev–Trinajstić information content (AvgIpc) is 2.52. The molecule has 0 aromatic heterocycles. The van der Waals surface area contributed by atoms with E-state index in [9.17, 15) is 4.79 Å². The highest BCUT2D eigenvalue weighted by Gasteiger charge is 2.19. The van der Waals surface area contributed by atoms with Crippen molar-refractivity contribution in [3.05, 3.63) is 54.1 Å². The summed E-state index contributed by atoms with van der Waals surface area (Å²) in [5, 5.41) is 0. The van der Waals surface area contributed by atoms with Crippen molar-refractivity contribution in [1.29, 1.82) is 0 Å². The average molecular weight is 300 g/mol. The molecule has 0 saturated carbocycles. The molecule has 0 aliphatic rings. The van der Waals surface area contributed by atoms with Crippen LogP contribution in [0.4, 0.5) is 11.4 Å². The highest BCUT2D eigenvalue weighted by atomic mass is 32.2. The highest BCUT2D eigenvalue weighted by molar-refractivity contribution is 7.98. The summed E-state index contributed by atoms with van der Waals surface area (Å²) in [4.78, 5) is 15.7. The Kier molecular flexibility index (Phi) is 5.28. The van der Waals surface area contributed by atoms with Crippen LogP contribution in [-0.2, 0) is 0 Å². The van der Waals surface area contributed by atoms with Gasteiger partial charge in [-0.25, -0.2) is 0 Å². The number of nitrogens with two attached hydrogens (primary N) is 1. The topological polar surface area (TPSA) is 46.3 Å². The number of hydrogen-bond acceptors (Lipinski definition) is 3. The Bertz CT molecular complexity index is 628. The molecule has 0 atom stereocenters. The molecule has 0 radical (unpaired) electrons. The first-order valence-electron chi connectivity index (χ1n) is 6.97. The summed E-state index contributed by atoms with van der Waals surface area (Å²) in [5.41, 5.74) is 8.09. The minimum absolute atomic E-state index is 0.0207. The number of anilines is 2. The van der Waals surface area contributed by atoms with Gasteiger partial charge in [-0.1, -0.05) is 25.1 Å². The van der Waals surface area contributed by atoms with Gasteiger partial charge >= 0.3 is 0 Å². The van der Waals surface area contributed by atoms with Gasteiger partial charge in [-0.15, -0.1) is 11.8 Å². The van der Waals surface area contributed by atoms with Gasteiger partial charge in [-0.2, -0.15) is 0 Å². The number of carbonyl (C=O) groups is 1. The van der Waals surface area contributed by atoms with Gasteiger partial charge in [0.05, 0.1) is 5.56 Å². The largest absolute Gasteiger partial charge is 0.399 e. The molecule has 1 amide bonds. The Balaban J connectivity index is 2.40. The predicted octanol–water partition coefficient (Wildman–Crippen LogP) is 4.05. The molecule has 0 bridgehead atoms. The molecule has 0 fully saturated rings. The van der Waals surface area contributed by atoms with Crippen LogP contribution in [0.15, 0.2) is 53.4 Å². The number of benzene rings is 2. The van der Waals surface area contributed by atoms with Crippen LogP contribution in [-0.4, -0.2) is 18.7 Å². The summed E-state index contributed by atoms with van der Waals surface area (Å²) in [6.07, 6.45) is 2.87. The molecular weight excluding hydrogens is 280 g/mol. The lowest BCUT2D eigenvalue weighted by atomic mass is 10.1. The number of nitrogen functional groups attached to an aromatic ring is 1. The summed E-state index contributed by atoms with van der Waals surface area (Å²) in [6, 6.07) is 15.2. The number of hydrogen-bond donors (Lipinski definition) is 1. The van der Waals surface area contributed by atoms with E-state index in [1.807, 2.05) is 54.8 Å². The number of amides is 1. The smallest absolute Gasteiger partial charge is 0.259 e. The fourth-order valence-corrected chi connectivity index (χ4v) is 2.82. The van der Waals surface area contributed by atoms with Crippen LogP contribution < -0.4 is 10.6 Å². The maximum Gasteiger partial charge on any atom is 0.259 e. The monoisotopic (exact) mass is 300 g/mol. The van der Waals surface area contributed by atoms with E-state index >= 15 is 0 Å². The number of thioether (sulfide) groups is 1. The third-order valence-electron chi connectivity index (χ3n) is 3.21. The second kappa shape index (κ2) is 7.18. The van der Waals surface area contributed by atoms with Crippen molar-refractivity contribution in [3.8, 4) is 0 Å². The van der Waals surface area contributed by atoms with E-state index in [0.717, 1.165) is 22.6 Å². The van der Waals surface area contributed by atoms with Gasteiger partial charge in [0, 0.05) is 22.8 Å². The van der Waals surface area contributed by atoms with E-state index in [1.54, 1.807) is 16.7 Å². The Morgan fingerprint density at radius 3 is 2.62 bits per heavy atom. The molecule has 0 heterocycles. The lowest BCUT2D eigenvalue weighted by Gasteiger charge is -2.23.